The Kier molecular flexibility index (Phi) is 4.51. The number of hydrogen-bond acceptors (Lipinski definition) is 3. The highest BCUT2D eigenvalue weighted by molar-refractivity contribution is 5.37. The molecular weight excluding hydrogens is 262 g/mol. The largest absolute Gasteiger partial charge is 0.493 e. The zero-order valence-corrected chi connectivity index (χ0v) is 13.0. The van der Waals surface area contributed by atoms with Gasteiger partial charge in [0.15, 0.2) is 0 Å². The van der Waals surface area contributed by atoms with Crippen LogP contribution in [0.3, 0.4) is 0 Å². The molecule has 3 rings (SSSR count). The van der Waals surface area contributed by atoms with E-state index >= 15 is 0 Å². The smallest absolute Gasteiger partial charge is 0.124 e. The highest BCUT2D eigenvalue weighted by Crippen LogP contribution is 2.38. The molecule has 0 saturated heterocycles. The van der Waals surface area contributed by atoms with Crippen LogP contribution in [0, 0.1) is 11.3 Å². The van der Waals surface area contributed by atoms with Gasteiger partial charge in [0.2, 0.25) is 0 Å². The zero-order chi connectivity index (χ0) is 14.7. The molecule has 0 amide bonds. The SMILES string of the molecule is CC1COc2ccccc2C1NCC1(CO)CCCCC1. The Morgan fingerprint density at radius 3 is 2.76 bits per heavy atom. The summed E-state index contributed by atoms with van der Waals surface area (Å²) >= 11 is 0. The number of para-hydroxylation sites is 1. The molecule has 1 heterocycles. The molecule has 1 aromatic carbocycles. The van der Waals surface area contributed by atoms with Gasteiger partial charge in [0, 0.05) is 36.1 Å². The third-order valence-corrected chi connectivity index (χ3v) is 5.27. The van der Waals surface area contributed by atoms with Crippen LogP contribution in [0.15, 0.2) is 24.3 Å². The fourth-order valence-corrected chi connectivity index (χ4v) is 3.82. The first-order chi connectivity index (χ1) is 10.2. The van der Waals surface area contributed by atoms with E-state index < -0.39 is 0 Å². The molecule has 0 bridgehead atoms. The molecule has 0 radical (unpaired) electrons. The van der Waals surface area contributed by atoms with Crippen molar-refractivity contribution in [3.63, 3.8) is 0 Å². The summed E-state index contributed by atoms with van der Waals surface area (Å²) in [6, 6.07) is 8.66. The summed E-state index contributed by atoms with van der Waals surface area (Å²) in [5, 5.41) is 13.6. The van der Waals surface area contributed by atoms with E-state index in [1.807, 2.05) is 6.07 Å². The first-order valence-corrected chi connectivity index (χ1v) is 8.30. The maximum absolute atomic E-state index is 9.87. The van der Waals surface area contributed by atoms with Crippen molar-refractivity contribution in [2.45, 2.75) is 45.1 Å². The van der Waals surface area contributed by atoms with Gasteiger partial charge in [0.1, 0.15) is 5.75 Å². The van der Waals surface area contributed by atoms with Crippen LogP contribution in [0.4, 0.5) is 0 Å². The van der Waals surface area contributed by atoms with Crippen LogP contribution in [0.5, 0.6) is 5.75 Å². The highest BCUT2D eigenvalue weighted by Gasteiger charge is 2.34. The number of aliphatic hydroxyl groups is 1. The van der Waals surface area contributed by atoms with Crippen LogP contribution in [0.25, 0.3) is 0 Å². The number of fused-ring (bicyclic) bond motifs is 1. The molecule has 1 aliphatic carbocycles. The van der Waals surface area contributed by atoms with Crippen molar-refractivity contribution in [2.75, 3.05) is 19.8 Å². The summed E-state index contributed by atoms with van der Waals surface area (Å²) in [7, 11) is 0. The van der Waals surface area contributed by atoms with Gasteiger partial charge in [-0.2, -0.15) is 0 Å². The van der Waals surface area contributed by atoms with Gasteiger partial charge in [-0.3, -0.25) is 0 Å². The van der Waals surface area contributed by atoms with E-state index in [2.05, 4.69) is 30.4 Å². The number of nitrogens with one attached hydrogen (secondary N) is 1. The van der Waals surface area contributed by atoms with Crippen LogP contribution < -0.4 is 10.1 Å². The molecule has 1 saturated carbocycles. The summed E-state index contributed by atoms with van der Waals surface area (Å²) in [5.74, 6) is 1.47. The Morgan fingerprint density at radius 1 is 1.24 bits per heavy atom. The summed E-state index contributed by atoms with van der Waals surface area (Å²) in [6.45, 7) is 4.22. The zero-order valence-electron chi connectivity index (χ0n) is 13.0. The molecule has 116 valence electrons. The Hall–Kier alpha value is -1.06. The van der Waals surface area contributed by atoms with Crippen molar-refractivity contribution >= 4 is 0 Å². The summed E-state index contributed by atoms with van der Waals surface area (Å²) in [5.41, 5.74) is 1.35. The summed E-state index contributed by atoms with van der Waals surface area (Å²) in [4.78, 5) is 0. The van der Waals surface area contributed by atoms with E-state index in [0.717, 1.165) is 31.7 Å². The molecule has 1 aliphatic heterocycles. The molecular formula is C18H27NO2. The number of aliphatic hydroxyl groups excluding tert-OH is 1. The molecule has 2 unspecified atom stereocenters. The molecule has 0 aromatic heterocycles. The molecule has 2 atom stereocenters. The van der Waals surface area contributed by atoms with Crippen LogP contribution in [-0.4, -0.2) is 24.9 Å². The standard InChI is InChI=1S/C18H27NO2/c1-14-11-21-16-8-4-3-7-15(16)17(14)19-12-18(13-20)9-5-2-6-10-18/h3-4,7-8,14,17,19-20H,2,5-6,9-13H2,1H3. The molecule has 2 N–H and O–H groups in total. The average molecular weight is 289 g/mol. The van der Waals surface area contributed by atoms with Gasteiger partial charge in [-0.1, -0.05) is 44.4 Å². The predicted molar refractivity (Wildman–Crippen MR) is 84.4 cm³/mol. The van der Waals surface area contributed by atoms with Crippen LogP contribution in [0.1, 0.15) is 50.6 Å². The highest BCUT2D eigenvalue weighted by atomic mass is 16.5. The first kappa shape index (κ1) is 14.9. The lowest BCUT2D eigenvalue weighted by molar-refractivity contribution is 0.0717. The minimum atomic E-state index is 0.0885. The second-order valence-electron chi connectivity index (χ2n) is 6.90. The van der Waals surface area contributed by atoms with Crippen molar-refractivity contribution in [1.29, 1.82) is 0 Å². The number of benzene rings is 1. The maximum Gasteiger partial charge on any atom is 0.124 e. The molecule has 1 aromatic rings. The lowest BCUT2D eigenvalue weighted by Gasteiger charge is -2.39. The van der Waals surface area contributed by atoms with Crippen LogP contribution >= 0.6 is 0 Å². The van der Waals surface area contributed by atoms with Crippen molar-refractivity contribution in [3.05, 3.63) is 29.8 Å². The molecule has 0 spiro atoms. The van der Waals surface area contributed by atoms with E-state index in [4.69, 9.17) is 4.74 Å². The van der Waals surface area contributed by atoms with E-state index in [-0.39, 0.29) is 5.41 Å². The first-order valence-electron chi connectivity index (χ1n) is 8.30. The molecule has 21 heavy (non-hydrogen) atoms. The van der Waals surface area contributed by atoms with E-state index in [0.29, 0.717) is 18.6 Å². The average Bonchev–Trinajstić information content (AvgIpc) is 2.55. The van der Waals surface area contributed by atoms with Crippen molar-refractivity contribution in [1.82, 2.24) is 5.32 Å². The van der Waals surface area contributed by atoms with Crippen molar-refractivity contribution < 1.29 is 9.84 Å². The molecule has 1 fully saturated rings. The Labute approximate surface area is 127 Å². The summed E-state index contributed by atoms with van der Waals surface area (Å²) in [6.07, 6.45) is 6.12. The van der Waals surface area contributed by atoms with E-state index in [1.165, 1.54) is 24.8 Å². The Balaban J connectivity index is 1.72. The number of rotatable bonds is 4. The Morgan fingerprint density at radius 2 is 2.00 bits per heavy atom. The van der Waals surface area contributed by atoms with E-state index in [1.54, 1.807) is 0 Å². The minimum absolute atomic E-state index is 0.0885. The third kappa shape index (κ3) is 3.09. The topological polar surface area (TPSA) is 41.5 Å². The fraction of sp³-hybridized carbons (Fsp3) is 0.667. The van der Waals surface area contributed by atoms with Gasteiger partial charge in [-0.15, -0.1) is 0 Å². The summed E-state index contributed by atoms with van der Waals surface area (Å²) < 4.78 is 5.82. The van der Waals surface area contributed by atoms with Gasteiger partial charge in [-0.05, 0) is 18.9 Å². The normalized spacial score (nSPS) is 27.7. The molecule has 3 heteroatoms. The number of ether oxygens (including phenoxy) is 1. The van der Waals surface area contributed by atoms with Gasteiger partial charge < -0.3 is 15.2 Å². The minimum Gasteiger partial charge on any atom is -0.493 e. The van der Waals surface area contributed by atoms with Crippen LogP contribution in [0.2, 0.25) is 0 Å². The van der Waals surface area contributed by atoms with Crippen LogP contribution in [-0.2, 0) is 0 Å². The maximum atomic E-state index is 9.87. The van der Waals surface area contributed by atoms with Gasteiger partial charge in [0.25, 0.3) is 0 Å². The van der Waals surface area contributed by atoms with E-state index in [9.17, 15) is 5.11 Å². The van der Waals surface area contributed by atoms with Gasteiger partial charge in [0.05, 0.1) is 6.61 Å². The monoisotopic (exact) mass is 289 g/mol. The molecule has 2 aliphatic rings. The second kappa shape index (κ2) is 6.37. The third-order valence-electron chi connectivity index (χ3n) is 5.27. The predicted octanol–water partition coefficient (Wildman–Crippen LogP) is 3.29. The Bertz CT molecular complexity index is 468. The van der Waals surface area contributed by atoms with Gasteiger partial charge in [-0.25, -0.2) is 0 Å². The second-order valence-corrected chi connectivity index (χ2v) is 6.90. The number of hydrogen-bond donors (Lipinski definition) is 2. The lowest BCUT2D eigenvalue weighted by atomic mass is 9.74. The van der Waals surface area contributed by atoms with Gasteiger partial charge >= 0.3 is 0 Å². The quantitative estimate of drug-likeness (QED) is 0.893. The van der Waals surface area contributed by atoms with Crippen molar-refractivity contribution in [3.8, 4) is 5.75 Å². The molecule has 3 nitrogen and oxygen atoms in total. The fourth-order valence-electron chi connectivity index (χ4n) is 3.82. The van der Waals surface area contributed by atoms with Crippen molar-refractivity contribution in [2.24, 2.45) is 11.3 Å². The lowest BCUT2D eigenvalue weighted by Crippen LogP contribution is -2.43.